The molecular formula is C13H10F2N4OS. The van der Waals surface area contributed by atoms with E-state index in [1.807, 2.05) is 0 Å². The summed E-state index contributed by atoms with van der Waals surface area (Å²) in [6.45, 7) is 0.341. The minimum Gasteiger partial charge on any atom is -0.332 e. The molecule has 0 unspecified atom stereocenters. The first-order valence-corrected chi connectivity index (χ1v) is 6.94. The van der Waals surface area contributed by atoms with Crippen LogP contribution in [0.25, 0.3) is 11.6 Å². The van der Waals surface area contributed by atoms with Gasteiger partial charge in [0.1, 0.15) is 22.3 Å². The van der Waals surface area contributed by atoms with Gasteiger partial charge in [0.05, 0.1) is 0 Å². The van der Waals surface area contributed by atoms with Crippen molar-refractivity contribution < 1.29 is 13.3 Å². The fourth-order valence-corrected chi connectivity index (χ4v) is 2.48. The standard InChI is InChI=1S/C13H10F2N4OS/c14-8-1-7(2-9(15)4-8)3-11-18-13(20-19-11)10-6-21-12(5-16)17-10/h1-2,4,6H,3,5,16H2. The van der Waals surface area contributed by atoms with Gasteiger partial charge in [0.25, 0.3) is 5.89 Å². The maximum atomic E-state index is 13.1. The number of nitrogens with two attached hydrogens (primary N) is 1. The van der Waals surface area contributed by atoms with Crippen LogP contribution in [-0.4, -0.2) is 15.1 Å². The number of benzene rings is 1. The third-order valence-electron chi connectivity index (χ3n) is 2.70. The Morgan fingerprint density at radius 2 is 1.90 bits per heavy atom. The summed E-state index contributed by atoms with van der Waals surface area (Å²) in [6.07, 6.45) is 0.173. The third-order valence-corrected chi connectivity index (χ3v) is 3.57. The second kappa shape index (κ2) is 5.66. The Hall–Kier alpha value is -2.19. The van der Waals surface area contributed by atoms with Gasteiger partial charge in [0.15, 0.2) is 5.82 Å². The molecule has 0 aliphatic heterocycles. The summed E-state index contributed by atoms with van der Waals surface area (Å²) in [7, 11) is 0. The average Bonchev–Trinajstić information content (AvgIpc) is 3.05. The molecule has 0 aliphatic rings. The van der Waals surface area contributed by atoms with Crippen molar-refractivity contribution in [2.24, 2.45) is 5.73 Å². The van der Waals surface area contributed by atoms with Crippen LogP contribution < -0.4 is 5.73 Å². The van der Waals surface area contributed by atoms with E-state index in [0.717, 1.165) is 11.1 Å². The lowest BCUT2D eigenvalue weighted by Gasteiger charge is -1.97. The van der Waals surface area contributed by atoms with Crippen molar-refractivity contribution in [3.63, 3.8) is 0 Å². The molecular weight excluding hydrogens is 298 g/mol. The molecule has 5 nitrogen and oxygen atoms in total. The number of nitrogens with zero attached hydrogens (tertiary/aromatic N) is 3. The second-order valence-corrected chi connectivity index (χ2v) is 5.24. The molecule has 2 aromatic heterocycles. The van der Waals surface area contributed by atoms with Gasteiger partial charge in [-0.3, -0.25) is 0 Å². The van der Waals surface area contributed by atoms with Crippen molar-refractivity contribution in [3.8, 4) is 11.6 Å². The fourth-order valence-electron chi connectivity index (χ4n) is 1.83. The largest absolute Gasteiger partial charge is 0.332 e. The van der Waals surface area contributed by atoms with Crippen molar-refractivity contribution >= 4 is 11.3 Å². The minimum atomic E-state index is -0.638. The van der Waals surface area contributed by atoms with E-state index in [9.17, 15) is 8.78 Å². The molecule has 0 fully saturated rings. The molecule has 0 saturated carbocycles. The lowest BCUT2D eigenvalue weighted by atomic mass is 10.1. The normalized spacial score (nSPS) is 11.0. The van der Waals surface area contributed by atoms with Gasteiger partial charge in [-0.15, -0.1) is 11.3 Å². The number of hydrogen-bond acceptors (Lipinski definition) is 6. The third kappa shape index (κ3) is 3.11. The first-order chi connectivity index (χ1) is 10.1. The topological polar surface area (TPSA) is 77.8 Å². The number of aromatic nitrogens is 3. The molecule has 3 rings (SSSR count). The molecule has 108 valence electrons. The van der Waals surface area contributed by atoms with E-state index < -0.39 is 11.6 Å². The Labute approximate surface area is 122 Å². The van der Waals surface area contributed by atoms with Crippen LogP contribution in [0.3, 0.4) is 0 Å². The molecule has 21 heavy (non-hydrogen) atoms. The van der Waals surface area contributed by atoms with E-state index >= 15 is 0 Å². The molecule has 1 aromatic carbocycles. The van der Waals surface area contributed by atoms with Crippen LogP contribution in [-0.2, 0) is 13.0 Å². The number of hydrogen-bond donors (Lipinski definition) is 1. The first-order valence-electron chi connectivity index (χ1n) is 6.06. The molecule has 0 amide bonds. The van der Waals surface area contributed by atoms with E-state index in [4.69, 9.17) is 10.3 Å². The smallest absolute Gasteiger partial charge is 0.277 e. The Kier molecular flexibility index (Phi) is 3.72. The highest BCUT2D eigenvalue weighted by molar-refractivity contribution is 7.09. The van der Waals surface area contributed by atoms with Crippen molar-refractivity contribution in [2.75, 3.05) is 0 Å². The van der Waals surface area contributed by atoms with Crippen LogP contribution in [0, 0.1) is 11.6 Å². The monoisotopic (exact) mass is 308 g/mol. The van der Waals surface area contributed by atoms with Crippen molar-refractivity contribution in [1.82, 2.24) is 15.1 Å². The van der Waals surface area contributed by atoms with Crippen molar-refractivity contribution in [1.29, 1.82) is 0 Å². The SMILES string of the molecule is NCc1nc(-c2nc(Cc3cc(F)cc(F)c3)no2)cs1. The van der Waals surface area contributed by atoms with Gasteiger partial charge < -0.3 is 10.3 Å². The van der Waals surface area contributed by atoms with Crippen LogP contribution in [0.1, 0.15) is 16.4 Å². The Bertz CT molecular complexity index is 751. The molecule has 2 N–H and O–H groups in total. The van der Waals surface area contributed by atoms with Crippen LogP contribution in [0.5, 0.6) is 0 Å². The highest BCUT2D eigenvalue weighted by Gasteiger charge is 2.13. The minimum absolute atomic E-state index is 0.173. The maximum Gasteiger partial charge on any atom is 0.277 e. The van der Waals surface area contributed by atoms with Gasteiger partial charge in [-0.1, -0.05) is 5.16 Å². The van der Waals surface area contributed by atoms with E-state index in [0.29, 0.717) is 23.6 Å². The molecule has 0 saturated heterocycles. The van der Waals surface area contributed by atoms with E-state index in [1.54, 1.807) is 5.38 Å². The first kappa shape index (κ1) is 13.8. The Balaban J connectivity index is 1.81. The second-order valence-electron chi connectivity index (χ2n) is 4.30. The summed E-state index contributed by atoms with van der Waals surface area (Å²) in [5.74, 6) is -0.684. The highest BCUT2D eigenvalue weighted by atomic mass is 32.1. The van der Waals surface area contributed by atoms with E-state index in [-0.39, 0.29) is 12.3 Å². The Morgan fingerprint density at radius 1 is 1.14 bits per heavy atom. The zero-order valence-electron chi connectivity index (χ0n) is 10.7. The summed E-state index contributed by atoms with van der Waals surface area (Å²) < 4.78 is 31.3. The molecule has 2 heterocycles. The Morgan fingerprint density at radius 3 is 2.57 bits per heavy atom. The summed E-state index contributed by atoms with van der Waals surface area (Å²) in [6, 6.07) is 3.28. The zero-order valence-corrected chi connectivity index (χ0v) is 11.5. The lowest BCUT2D eigenvalue weighted by Crippen LogP contribution is -1.95. The van der Waals surface area contributed by atoms with Gasteiger partial charge in [0, 0.05) is 24.4 Å². The van der Waals surface area contributed by atoms with Gasteiger partial charge in [-0.25, -0.2) is 13.8 Å². The van der Waals surface area contributed by atoms with Crippen LogP contribution in [0.15, 0.2) is 28.1 Å². The van der Waals surface area contributed by atoms with Gasteiger partial charge in [0.2, 0.25) is 0 Å². The predicted molar refractivity (Wildman–Crippen MR) is 72.5 cm³/mol. The summed E-state index contributed by atoms with van der Waals surface area (Å²) in [4.78, 5) is 8.39. The van der Waals surface area contributed by atoms with Crippen LogP contribution in [0.4, 0.5) is 8.78 Å². The van der Waals surface area contributed by atoms with Crippen molar-refractivity contribution in [3.05, 3.63) is 51.6 Å². The summed E-state index contributed by atoms with van der Waals surface area (Å²) >= 11 is 1.40. The fraction of sp³-hybridized carbons (Fsp3) is 0.154. The molecule has 8 heteroatoms. The number of halogens is 2. The van der Waals surface area contributed by atoms with Crippen LogP contribution in [0.2, 0.25) is 0 Å². The van der Waals surface area contributed by atoms with E-state index in [2.05, 4.69) is 15.1 Å². The average molecular weight is 308 g/mol. The number of thiazole rings is 1. The van der Waals surface area contributed by atoms with Crippen molar-refractivity contribution in [2.45, 2.75) is 13.0 Å². The summed E-state index contributed by atoms with van der Waals surface area (Å²) in [5.41, 5.74) is 6.46. The quantitative estimate of drug-likeness (QED) is 0.801. The maximum absolute atomic E-state index is 13.1. The molecule has 0 atom stereocenters. The molecule has 0 radical (unpaired) electrons. The van der Waals surface area contributed by atoms with Gasteiger partial charge in [-0.05, 0) is 17.7 Å². The van der Waals surface area contributed by atoms with Gasteiger partial charge in [-0.2, -0.15) is 4.98 Å². The number of rotatable bonds is 4. The van der Waals surface area contributed by atoms with E-state index in [1.165, 1.54) is 23.5 Å². The predicted octanol–water partition coefficient (Wildman–Crippen LogP) is 2.52. The molecule has 0 spiro atoms. The van der Waals surface area contributed by atoms with Crippen LogP contribution >= 0.6 is 11.3 Å². The zero-order chi connectivity index (χ0) is 14.8. The molecule has 0 bridgehead atoms. The lowest BCUT2D eigenvalue weighted by molar-refractivity contribution is 0.422. The molecule has 0 aliphatic carbocycles. The highest BCUT2D eigenvalue weighted by Crippen LogP contribution is 2.21. The molecule has 3 aromatic rings. The summed E-state index contributed by atoms with van der Waals surface area (Å²) in [5, 5.41) is 6.31. The van der Waals surface area contributed by atoms with Gasteiger partial charge >= 0.3 is 0 Å².